The van der Waals surface area contributed by atoms with Crippen LogP contribution in [0.2, 0.25) is 0 Å². The lowest BCUT2D eigenvalue weighted by Crippen LogP contribution is -2.03. The van der Waals surface area contributed by atoms with Crippen LogP contribution < -0.4 is 9.47 Å². The lowest BCUT2D eigenvalue weighted by Gasteiger charge is -2.08. The molecular weight excluding hydrogens is 448 g/mol. The minimum absolute atomic E-state index is 0.0486. The lowest BCUT2D eigenvalue weighted by molar-refractivity contribution is 0.0681. The fourth-order valence-corrected chi connectivity index (χ4v) is 3.03. The van der Waals surface area contributed by atoms with Crippen molar-refractivity contribution in [2.45, 2.75) is 0 Å². The van der Waals surface area contributed by atoms with Crippen LogP contribution in [0, 0.1) is 0 Å². The SMILES string of the molecule is COc1cccc(OC)c1C(=O)O.O=C(O)c1cc(Br)cc(Br)c1. The molecule has 0 spiro atoms. The second-order valence-corrected chi connectivity index (χ2v) is 6.14. The Bertz CT molecular complexity index is 703. The van der Waals surface area contributed by atoms with E-state index in [4.69, 9.17) is 19.7 Å². The zero-order chi connectivity index (χ0) is 18.3. The van der Waals surface area contributed by atoms with Crippen LogP contribution in [0.25, 0.3) is 0 Å². The summed E-state index contributed by atoms with van der Waals surface area (Å²) in [6.07, 6.45) is 0. The van der Waals surface area contributed by atoms with Gasteiger partial charge < -0.3 is 19.7 Å². The summed E-state index contributed by atoms with van der Waals surface area (Å²) in [4.78, 5) is 21.3. The molecule has 0 unspecified atom stereocenters. The first-order chi connectivity index (χ1) is 11.3. The van der Waals surface area contributed by atoms with Crippen LogP contribution in [0.3, 0.4) is 0 Å². The summed E-state index contributed by atoms with van der Waals surface area (Å²) in [5.41, 5.74) is 0.318. The van der Waals surface area contributed by atoms with Crippen molar-refractivity contribution >= 4 is 43.8 Å². The highest BCUT2D eigenvalue weighted by Crippen LogP contribution is 2.27. The third-order valence-electron chi connectivity index (χ3n) is 2.75. The van der Waals surface area contributed by atoms with E-state index in [9.17, 15) is 9.59 Å². The second kappa shape index (κ2) is 9.29. The van der Waals surface area contributed by atoms with Crippen LogP contribution in [-0.2, 0) is 0 Å². The maximum Gasteiger partial charge on any atom is 0.343 e. The van der Waals surface area contributed by atoms with Crippen molar-refractivity contribution < 1.29 is 29.3 Å². The number of methoxy groups -OCH3 is 2. The molecule has 0 aliphatic rings. The molecule has 0 aromatic heterocycles. The largest absolute Gasteiger partial charge is 0.496 e. The average Bonchev–Trinajstić information content (AvgIpc) is 2.53. The van der Waals surface area contributed by atoms with Crippen LogP contribution in [0.5, 0.6) is 11.5 Å². The third kappa shape index (κ3) is 5.54. The minimum atomic E-state index is -1.06. The Morgan fingerprint density at radius 1 is 0.875 bits per heavy atom. The Balaban J connectivity index is 0.000000243. The summed E-state index contributed by atoms with van der Waals surface area (Å²) in [6.45, 7) is 0. The van der Waals surface area contributed by atoms with Gasteiger partial charge >= 0.3 is 11.9 Å². The molecule has 0 saturated carbocycles. The molecule has 0 aliphatic heterocycles. The Morgan fingerprint density at radius 3 is 1.67 bits per heavy atom. The van der Waals surface area contributed by atoms with E-state index in [-0.39, 0.29) is 11.1 Å². The van der Waals surface area contributed by atoms with Crippen molar-refractivity contribution in [2.24, 2.45) is 0 Å². The van der Waals surface area contributed by atoms with Gasteiger partial charge in [0.2, 0.25) is 0 Å². The van der Waals surface area contributed by atoms with Gasteiger partial charge in [0.15, 0.2) is 0 Å². The molecule has 0 saturated heterocycles. The first-order valence-corrected chi connectivity index (χ1v) is 8.02. The first kappa shape index (κ1) is 20.0. The Hall–Kier alpha value is -2.06. The fraction of sp³-hybridized carbons (Fsp3) is 0.125. The van der Waals surface area contributed by atoms with Crippen molar-refractivity contribution in [3.05, 3.63) is 56.5 Å². The number of hydrogen-bond acceptors (Lipinski definition) is 4. The van der Waals surface area contributed by atoms with Gasteiger partial charge in [0.25, 0.3) is 0 Å². The van der Waals surface area contributed by atoms with Crippen molar-refractivity contribution in [2.75, 3.05) is 14.2 Å². The van der Waals surface area contributed by atoms with Crippen LogP contribution in [-0.4, -0.2) is 36.4 Å². The maximum absolute atomic E-state index is 10.8. The van der Waals surface area contributed by atoms with Gasteiger partial charge in [-0.3, -0.25) is 0 Å². The van der Waals surface area contributed by atoms with Gasteiger partial charge in [-0.15, -0.1) is 0 Å². The predicted molar refractivity (Wildman–Crippen MR) is 95.3 cm³/mol. The summed E-state index contributed by atoms with van der Waals surface area (Å²) < 4.78 is 11.3. The number of hydrogen-bond donors (Lipinski definition) is 2. The van der Waals surface area contributed by atoms with Gasteiger partial charge in [0.05, 0.1) is 19.8 Å². The van der Waals surface area contributed by atoms with E-state index < -0.39 is 11.9 Å². The van der Waals surface area contributed by atoms with Crippen molar-refractivity contribution in [3.63, 3.8) is 0 Å². The second-order valence-electron chi connectivity index (χ2n) is 4.31. The number of ether oxygens (including phenoxy) is 2. The molecule has 8 heteroatoms. The lowest BCUT2D eigenvalue weighted by atomic mass is 10.2. The number of carboxylic acid groups (broad SMARTS) is 2. The van der Waals surface area contributed by atoms with E-state index in [2.05, 4.69) is 31.9 Å². The molecule has 0 bridgehead atoms. The summed E-state index contributed by atoms with van der Waals surface area (Å²) in [5.74, 6) is -1.39. The van der Waals surface area contributed by atoms with Crippen molar-refractivity contribution in [1.29, 1.82) is 0 Å². The quantitative estimate of drug-likeness (QED) is 0.704. The van der Waals surface area contributed by atoms with Gasteiger partial charge in [-0.1, -0.05) is 37.9 Å². The van der Waals surface area contributed by atoms with Gasteiger partial charge in [0.1, 0.15) is 17.1 Å². The molecule has 128 valence electrons. The van der Waals surface area contributed by atoms with Gasteiger partial charge in [-0.25, -0.2) is 9.59 Å². The molecule has 2 aromatic carbocycles. The standard InChI is InChI=1S/C9H10O4.C7H4Br2O2/c1-12-6-4-3-5-7(13-2)8(6)9(10)11;8-5-1-4(7(10)11)2-6(9)3-5/h3-5H,1-2H3,(H,10,11);1-3H,(H,10,11). The van der Waals surface area contributed by atoms with E-state index in [0.29, 0.717) is 11.5 Å². The number of halogens is 2. The summed E-state index contributed by atoms with van der Waals surface area (Å²) in [7, 11) is 2.84. The highest BCUT2D eigenvalue weighted by atomic mass is 79.9. The van der Waals surface area contributed by atoms with Gasteiger partial charge in [-0.05, 0) is 30.3 Å². The number of rotatable bonds is 4. The average molecular weight is 462 g/mol. The van der Waals surface area contributed by atoms with Crippen molar-refractivity contribution in [1.82, 2.24) is 0 Å². The summed E-state index contributed by atoms with van der Waals surface area (Å²) in [6, 6.07) is 9.70. The van der Waals surface area contributed by atoms with Crippen LogP contribution in [0.15, 0.2) is 45.3 Å². The topological polar surface area (TPSA) is 93.1 Å². The molecule has 0 atom stereocenters. The molecule has 6 nitrogen and oxygen atoms in total. The van der Waals surface area contributed by atoms with Crippen molar-refractivity contribution in [3.8, 4) is 11.5 Å². The predicted octanol–water partition coefficient (Wildman–Crippen LogP) is 4.31. The van der Waals surface area contributed by atoms with E-state index in [1.54, 1.807) is 36.4 Å². The smallest absolute Gasteiger partial charge is 0.343 e. The number of carbonyl (C=O) groups is 2. The Labute approximate surface area is 155 Å². The molecule has 0 radical (unpaired) electrons. The minimum Gasteiger partial charge on any atom is -0.496 e. The number of benzene rings is 2. The normalized spacial score (nSPS) is 9.50. The first-order valence-electron chi connectivity index (χ1n) is 6.43. The molecule has 0 amide bonds. The molecule has 2 N–H and O–H groups in total. The Morgan fingerprint density at radius 2 is 1.33 bits per heavy atom. The zero-order valence-corrected chi connectivity index (χ0v) is 15.9. The molecular formula is C16H14Br2O6. The van der Waals surface area contributed by atoms with Gasteiger partial charge in [0, 0.05) is 8.95 Å². The van der Waals surface area contributed by atoms with Crippen LogP contribution in [0.4, 0.5) is 0 Å². The van der Waals surface area contributed by atoms with Gasteiger partial charge in [-0.2, -0.15) is 0 Å². The molecule has 0 heterocycles. The monoisotopic (exact) mass is 460 g/mol. The van der Waals surface area contributed by atoms with E-state index in [1.165, 1.54) is 14.2 Å². The highest BCUT2D eigenvalue weighted by molar-refractivity contribution is 9.11. The van der Waals surface area contributed by atoms with Crippen LogP contribution >= 0.6 is 31.9 Å². The summed E-state index contributed by atoms with van der Waals surface area (Å²) >= 11 is 6.38. The molecule has 2 aromatic rings. The third-order valence-corrected chi connectivity index (χ3v) is 3.67. The molecule has 24 heavy (non-hydrogen) atoms. The van der Waals surface area contributed by atoms with E-state index in [0.717, 1.165) is 8.95 Å². The number of carboxylic acids is 2. The molecule has 0 fully saturated rings. The highest BCUT2D eigenvalue weighted by Gasteiger charge is 2.16. The van der Waals surface area contributed by atoms with E-state index in [1.807, 2.05) is 0 Å². The molecule has 2 rings (SSSR count). The molecule has 0 aliphatic carbocycles. The van der Waals surface area contributed by atoms with Crippen LogP contribution in [0.1, 0.15) is 20.7 Å². The van der Waals surface area contributed by atoms with E-state index >= 15 is 0 Å². The summed E-state index contributed by atoms with van der Waals surface area (Å²) in [5, 5.41) is 17.4. The Kier molecular flexibility index (Phi) is 7.73. The number of aromatic carboxylic acids is 2. The zero-order valence-electron chi connectivity index (χ0n) is 12.7. The fourth-order valence-electron chi connectivity index (χ4n) is 1.74. The maximum atomic E-state index is 10.8.